The lowest BCUT2D eigenvalue weighted by molar-refractivity contribution is 0.176. The molecule has 0 spiro atoms. The Balaban J connectivity index is 1.42. The van der Waals surface area contributed by atoms with Gasteiger partial charge in [0.15, 0.2) is 5.69 Å². The van der Waals surface area contributed by atoms with Crippen molar-refractivity contribution in [2.45, 2.75) is 26.3 Å². The quantitative estimate of drug-likeness (QED) is 0.709. The van der Waals surface area contributed by atoms with Crippen LogP contribution in [0.15, 0.2) is 59.4 Å². The lowest BCUT2D eigenvalue weighted by Gasteiger charge is -2.30. The number of aromatic amines is 1. The highest BCUT2D eigenvalue weighted by Gasteiger charge is 2.16. The van der Waals surface area contributed by atoms with Crippen LogP contribution in [0.3, 0.4) is 0 Å². The van der Waals surface area contributed by atoms with Crippen molar-refractivity contribution in [1.29, 1.82) is 0 Å². The minimum absolute atomic E-state index is 0.264. The van der Waals surface area contributed by atoms with Gasteiger partial charge in [-0.2, -0.15) is 0 Å². The van der Waals surface area contributed by atoms with Crippen LogP contribution in [0.5, 0.6) is 0 Å². The lowest BCUT2D eigenvalue weighted by Crippen LogP contribution is -2.33. The molecule has 1 saturated heterocycles. The summed E-state index contributed by atoms with van der Waals surface area (Å²) >= 11 is 0. The van der Waals surface area contributed by atoms with Gasteiger partial charge in [0.1, 0.15) is 0 Å². The summed E-state index contributed by atoms with van der Waals surface area (Å²) in [6, 6.07) is 17.6. The molecule has 1 atom stereocenters. The van der Waals surface area contributed by atoms with Crippen LogP contribution in [0, 0.1) is 5.92 Å². The highest BCUT2D eigenvalue weighted by atomic mass is 16.1. The molecule has 2 N–H and O–H groups in total. The van der Waals surface area contributed by atoms with Crippen molar-refractivity contribution in [1.82, 2.24) is 20.1 Å². The van der Waals surface area contributed by atoms with Crippen molar-refractivity contribution in [2.75, 3.05) is 18.4 Å². The second-order valence-corrected chi connectivity index (χ2v) is 7.52. The summed E-state index contributed by atoms with van der Waals surface area (Å²) in [5.41, 5.74) is 2.96. The van der Waals surface area contributed by atoms with Gasteiger partial charge < -0.3 is 5.32 Å². The maximum atomic E-state index is 12.3. The summed E-state index contributed by atoms with van der Waals surface area (Å²) in [5, 5.41) is 11.3. The van der Waals surface area contributed by atoms with Gasteiger partial charge in [0.25, 0.3) is 5.56 Å². The zero-order valence-electron chi connectivity index (χ0n) is 16.1. The van der Waals surface area contributed by atoms with Crippen LogP contribution in [-0.4, -0.2) is 33.2 Å². The number of piperidine rings is 1. The van der Waals surface area contributed by atoms with Crippen molar-refractivity contribution in [3.8, 4) is 11.3 Å². The van der Waals surface area contributed by atoms with Crippen LogP contribution in [0.2, 0.25) is 0 Å². The Kier molecular flexibility index (Phi) is 5.48. The maximum absolute atomic E-state index is 12.3. The number of anilines is 2. The molecule has 0 aliphatic carbocycles. The molecule has 6 nitrogen and oxygen atoms in total. The molecule has 144 valence electrons. The maximum Gasteiger partial charge on any atom is 0.279 e. The first-order valence-electron chi connectivity index (χ1n) is 9.78. The van der Waals surface area contributed by atoms with Gasteiger partial charge in [0, 0.05) is 24.3 Å². The van der Waals surface area contributed by atoms with Crippen molar-refractivity contribution >= 4 is 11.6 Å². The van der Waals surface area contributed by atoms with Gasteiger partial charge in [-0.25, -0.2) is 0 Å². The topological polar surface area (TPSA) is 73.9 Å². The van der Waals surface area contributed by atoms with Crippen LogP contribution in [0.4, 0.5) is 11.6 Å². The Hall–Kier alpha value is -2.99. The summed E-state index contributed by atoms with van der Waals surface area (Å²) < 4.78 is 0. The van der Waals surface area contributed by atoms with Crippen molar-refractivity contribution in [2.24, 2.45) is 5.92 Å². The van der Waals surface area contributed by atoms with E-state index in [1.54, 1.807) is 0 Å². The Morgan fingerprint density at radius 3 is 2.61 bits per heavy atom. The van der Waals surface area contributed by atoms with E-state index in [1.807, 2.05) is 42.5 Å². The van der Waals surface area contributed by atoms with Gasteiger partial charge in [0.05, 0.1) is 0 Å². The highest BCUT2D eigenvalue weighted by molar-refractivity contribution is 5.58. The number of hydrogen-bond acceptors (Lipinski definition) is 5. The van der Waals surface area contributed by atoms with Gasteiger partial charge in [-0.05, 0) is 43.0 Å². The average Bonchev–Trinajstić information content (AvgIpc) is 2.70. The van der Waals surface area contributed by atoms with Crippen LogP contribution in [-0.2, 0) is 6.54 Å². The standard InChI is InChI=1S/C22H25N5O/c1-16-6-5-13-27(14-16)15-17-9-11-19(12-10-17)23-22-24-21(28)20(25-26-22)18-7-3-2-4-8-18/h2-4,7-12,16H,5-6,13-15H2,1H3,(H2,23,24,26,28). The molecule has 1 aromatic heterocycles. The number of benzene rings is 2. The van der Waals surface area contributed by atoms with E-state index in [4.69, 9.17) is 0 Å². The minimum atomic E-state index is -0.264. The second-order valence-electron chi connectivity index (χ2n) is 7.52. The first-order valence-corrected chi connectivity index (χ1v) is 9.78. The first kappa shape index (κ1) is 18.4. The smallest absolute Gasteiger partial charge is 0.279 e. The van der Waals surface area contributed by atoms with Crippen LogP contribution in [0.25, 0.3) is 11.3 Å². The Morgan fingerprint density at radius 1 is 1.11 bits per heavy atom. The van der Waals surface area contributed by atoms with E-state index in [1.165, 1.54) is 31.5 Å². The van der Waals surface area contributed by atoms with Gasteiger partial charge in [-0.15, -0.1) is 10.2 Å². The van der Waals surface area contributed by atoms with Gasteiger partial charge >= 0.3 is 0 Å². The number of nitrogens with zero attached hydrogens (tertiary/aromatic N) is 3. The van der Waals surface area contributed by atoms with E-state index in [9.17, 15) is 4.79 Å². The van der Waals surface area contributed by atoms with Gasteiger partial charge in [0.2, 0.25) is 5.95 Å². The Labute approximate surface area is 164 Å². The lowest BCUT2D eigenvalue weighted by atomic mass is 10.00. The summed E-state index contributed by atoms with van der Waals surface area (Å²) in [7, 11) is 0. The third-order valence-electron chi connectivity index (χ3n) is 5.11. The summed E-state index contributed by atoms with van der Waals surface area (Å²) in [6.07, 6.45) is 2.62. The normalized spacial score (nSPS) is 17.4. The molecular formula is C22H25N5O. The average molecular weight is 375 g/mol. The zero-order valence-corrected chi connectivity index (χ0v) is 16.1. The molecule has 1 unspecified atom stereocenters. The summed E-state index contributed by atoms with van der Waals surface area (Å²) in [5.74, 6) is 1.12. The number of rotatable bonds is 5. The molecular weight excluding hydrogens is 350 g/mol. The fourth-order valence-electron chi connectivity index (χ4n) is 3.70. The van der Waals surface area contributed by atoms with Crippen LogP contribution in [0.1, 0.15) is 25.3 Å². The number of H-pyrrole nitrogens is 1. The number of likely N-dealkylation sites (tertiary alicyclic amines) is 1. The zero-order chi connectivity index (χ0) is 19.3. The highest BCUT2D eigenvalue weighted by Crippen LogP contribution is 2.19. The van der Waals surface area contributed by atoms with Gasteiger partial charge in [-0.3, -0.25) is 14.7 Å². The fourth-order valence-corrected chi connectivity index (χ4v) is 3.70. The van der Waals surface area contributed by atoms with E-state index in [2.05, 4.69) is 44.5 Å². The molecule has 0 bridgehead atoms. The molecule has 4 rings (SSSR count). The Bertz CT molecular complexity index is 968. The molecule has 28 heavy (non-hydrogen) atoms. The third kappa shape index (κ3) is 4.46. The molecule has 3 aromatic rings. The number of nitrogens with one attached hydrogen (secondary N) is 2. The number of aromatic nitrogens is 3. The van der Waals surface area contributed by atoms with E-state index >= 15 is 0 Å². The molecule has 6 heteroatoms. The van der Waals surface area contributed by atoms with E-state index in [-0.39, 0.29) is 5.56 Å². The van der Waals surface area contributed by atoms with E-state index < -0.39 is 0 Å². The molecule has 1 fully saturated rings. The molecule has 0 saturated carbocycles. The largest absolute Gasteiger partial charge is 0.324 e. The number of hydrogen-bond donors (Lipinski definition) is 2. The molecule has 2 heterocycles. The van der Waals surface area contributed by atoms with Crippen molar-refractivity contribution in [3.63, 3.8) is 0 Å². The second kappa shape index (κ2) is 8.35. The minimum Gasteiger partial charge on any atom is -0.324 e. The molecule has 0 radical (unpaired) electrons. The van der Waals surface area contributed by atoms with Crippen LogP contribution >= 0.6 is 0 Å². The Morgan fingerprint density at radius 2 is 1.89 bits per heavy atom. The van der Waals surface area contributed by atoms with Gasteiger partial charge in [-0.1, -0.05) is 49.4 Å². The first-order chi connectivity index (χ1) is 13.7. The predicted octanol–water partition coefficient (Wildman–Crippen LogP) is 3.81. The molecule has 0 amide bonds. The predicted molar refractivity (Wildman–Crippen MR) is 111 cm³/mol. The fraction of sp³-hybridized carbons (Fsp3) is 0.318. The van der Waals surface area contributed by atoms with E-state index in [0.29, 0.717) is 11.6 Å². The third-order valence-corrected chi connectivity index (χ3v) is 5.11. The summed E-state index contributed by atoms with van der Waals surface area (Å²) in [4.78, 5) is 17.6. The van der Waals surface area contributed by atoms with Crippen LogP contribution < -0.4 is 10.9 Å². The monoisotopic (exact) mass is 375 g/mol. The van der Waals surface area contributed by atoms with Crippen molar-refractivity contribution < 1.29 is 0 Å². The van der Waals surface area contributed by atoms with E-state index in [0.717, 1.165) is 23.7 Å². The van der Waals surface area contributed by atoms with Crippen molar-refractivity contribution in [3.05, 3.63) is 70.5 Å². The SMILES string of the molecule is CC1CCCN(Cc2ccc(Nc3nnc(-c4ccccc4)c(=O)[nH]3)cc2)C1. The molecule has 2 aromatic carbocycles. The molecule has 1 aliphatic heterocycles. The molecule has 1 aliphatic rings. The summed E-state index contributed by atoms with van der Waals surface area (Å²) in [6.45, 7) is 5.65.